The van der Waals surface area contributed by atoms with Crippen molar-refractivity contribution in [3.63, 3.8) is 0 Å². The number of carbonyl (C=O) groups excluding carboxylic acids is 1. The second-order valence-electron chi connectivity index (χ2n) is 7.92. The molecule has 0 unspecified atom stereocenters. The zero-order valence-electron chi connectivity index (χ0n) is 18.3. The van der Waals surface area contributed by atoms with Gasteiger partial charge in [0.15, 0.2) is 0 Å². The van der Waals surface area contributed by atoms with Crippen LogP contribution in [-0.4, -0.2) is 50.9 Å². The molecule has 1 heterocycles. The number of carbonyl (C=O) groups is 1. The monoisotopic (exact) mass is 512 g/mol. The lowest BCUT2D eigenvalue weighted by molar-refractivity contribution is 0.0693. The molecule has 0 atom stereocenters. The van der Waals surface area contributed by atoms with Crippen LogP contribution in [0, 0.1) is 5.92 Å². The third-order valence-corrected chi connectivity index (χ3v) is 9.00. The number of halogens is 1. The van der Waals surface area contributed by atoms with E-state index in [-0.39, 0.29) is 10.8 Å². The zero-order chi connectivity index (χ0) is 23.1. The molecule has 0 saturated carbocycles. The molecule has 1 saturated heterocycles. The van der Waals surface area contributed by atoms with Crippen LogP contribution < -0.4 is 4.72 Å². The average Bonchev–Trinajstić information content (AvgIpc) is 2.78. The Kier molecular flexibility index (Phi) is 9.37. The van der Waals surface area contributed by atoms with Crippen LogP contribution in [0.15, 0.2) is 52.3 Å². The molecule has 9 heteroatoms. The van der Waals surface area contributed by atoms with Gasteiger partial charge in [0.2, 0.25) is 10.0 Å². The van der Waals surface area contributed by atoms with Crippen molar-refractivity contribution < 1.29 is 13.2 Å². The summed E-state index contributed by atoms with van der Waals surface area (Å²) < 4.78 is 28.3. The summed E-state index contributed by atoms with van der Waals surface area (Å²) in [4.78, 5) is 15.9. The summed E-state index contributed by atoms with van der Waals surface area (Å²) in [5.74, 6) is 1.92. The molecule has 0 aromatic heterocycles. The van der Waals surface area contributed by atoms with Gasteiger partial charge in [0.05, 0.1) is 10.5 Å². The molecule has 2 aromatic carbocycles. The zero-order valence-corrected chi connectivity index (χ0v) is 21.5. The van der Waals surface area contributed by atoms with Crippen molar-refractivity contribution in [3.05, 3.63) is 58.6 Å². The number of amides is 1. The molecular weight excluding hydrogens is 484 g/mol. The molecule has 3 rings (SSSR count). The number of thioether (sulfide) groups is 2. The van der Waals surface area contributed by atoms with Gasteiger partial charge in [-0.1, -0.05) is 30.7 Å². The molecular formula is C23H29ClN2O3S3. The predicted octanol–water partition coefficient (Wildman–Crippen LogP) is 5.15. The molecule has 1 aliphatic rings. The van der Waals surface area contributed by atoms with Crippen LogP contribution in [0.4, 0.5) is 0 Å². The second kappa shape index (κ2) is 11.8. The van der Waals surface area contributed by atoms with Gasteiger partial charge in [0.1, 0.15) is 0 Å². The molecule has 1 fully saturated rings. The Morgan fingerprint density at radius 3 is 2.62 bits per heavy atom. The number of piperidine rings is 1. The van der Waals surface area contributed by atoms with E-state index in [0.717, 1.165) is 29.1 Å². The number of nitrogens with one attached hydrogen (secondary N) is 1. The molecule has 1 aliphatic heterocycles. The number of likely N-dealkylation sites (tertiary alicyclic amines) is 1. The van der Waals surface area contributed by atoms with Gasteiger partial charge < -0.3 is 4.90 Å². The molecule has 0 spiro atoms. The first-order valence-electron chi connectivity index (χ1n) is 10.6. The van der Waals surface area contributed by atoms with Crippen LogP contribution in [0.3, 0.4) is 0 Å². The summed E-state index contributed by atoms with van der Waals surface area (Å²) in [5, 5.41) is 0.696. The molecule has 1 amide bonds. The third-order valence-electron chi connectivity index (χ3n) is 5.48. The van der Waals surface area contributed by atoms with E-state index >= 15 is 0 Å². The number of hydrogen-bond acceptors (Lipinski definition) is 5. The number of rotatable bonds is 9. The Hall–Kier alpha value is -1.19. The Labute approximate surface area is 204 Å². The predicted molar refractivity (Wildman–Crippen MR) is 135 cm³/mol. The topological polar surface area (TPSA) is 66.5 Å². The highest BCUT2D eigenvalue weighted by molar-refractivity contribution is 7.98. The van der Waals surface area contributed by atoms with Crippen molar-refractivity contribution in [2.75, 3.05) is 31.6 Å². The lowest BCUT2D eigenvalue weighted by Crippen LogP contribution is -2.38. The largest absolute Gasteiger partial charge is 0.339 e. The van der Waals surface area contributed by atoms with Crippen LogP contribution in [0.2, 0.25) is 5.02 Å². The lowest BCUT2D eigenvalue weighted by atomic mass is 9.98. The van der Waals surface area contributed by atoms with Gasteiger partial charge in [-0.05, 0) is 60.9 Å². The Balaban J connectivity index is 1.61. The average molecular weight is 513 g/mol. The van der Waals surface area contributed by atoms with Crippen LogP contribution >= 0.6 is 35.1 Å². The summed E-state index contributed by atoms with van der Waals surface area (Å²) in [6, 6.07) is 12.5. The summed E-state index contributed by atoms with van der Waals surface area (Å²) >= 11 is 9.09. The molecule has 0 radical (unpaired) electrons. The van der Waals surface area contributed by atoms with Crippen molar-refractivity contribution in [1.82, 2.24) is 9.62 Å². The van der Waals surface area contributed by atoms with Gasteiger partial charge in [0.25, 0.3) is 5.91 Å². The van der Waals surface area contributed by atoms with Gasteiger partial charge in [-0.25, -0.2) is 13.1 Å². The summed E-state index contributed by atoms with van der Waals surface area (Å²) in [7, 11) is -3.70. The fourth-order valence-electron chi connectivity index (χ4n) is 3.55. The first kappa shape index (κ1) is 25.4. The van der Waals surface area contributed by atoms with Crippen LogP contribution in [0.5, 0.6) is 0 Å². The smallest absolute Gasteiger partial charge is 0.255 e. The number of nitrogens with zero attached hydrogens (tertiary/aromatic N) is 1. The van der Waals surface area contributed by atoms with Gasteiger partial charge in [-0.3, -0.25) is 4.79 Å². The Bertz CT molecular complexity index is 1040. The van der Waals surface area contributed by atoms with Crippen molar-refractivity contribution in [3.8, 4) is 0 Å². The van der Waals surface area contributed by atoms with E-state index in [9.17, 15) is 13.2 Å². The van der Waals surface area contributed by atoms with E-state index in [0.29, 0.717) is 41.9 Å². The van der Waals surface area contributed by atoms with Gasteiger partial charge in [-0.2, -0.15) is 11.8 Å². The number of sulfonamides is 1. The van der Waals surface area contributed by atoms with Gasteiger partial charge >= 0.3 is 0 Å². The maximum atomic E-state index is 13.1. The Morgan fingerprint density at radius 1 is 1.19 bits per heavy atom. The normalized spacial score (nSPS) is 15.2. The number of benzene rings is 2. The van der Waals surface area contributed by atoms with E-state index in [1.807, 2.05) is 35.4 Å². The first-order chi connectivity index (χ1) is 15.3. The van der Waals surface area contributed by atoms with E-state index < -0.39 is 10.0 Å². The lowest BCUT2D eigenvalue weighted by Gasteiger charge is -2.30. The minimum Gasteiger partial charge on any atom is -0.339 e. The standard InChI is InChI=1S/C23H29ClN2O3S3/c1-17-8-11-26(12-9-17)23(27)21-15-20(6-7-22(21)30-2)32(28,29)25-10-13-31-16-18-4-3-5-19(24)14-18/h3-7,14-15,17,25H,8-13,16H2,1-2H3. The molecule has 2 aromatic rings. The van der Waals surface area contributed by atoms with Gasteiger partial charge in [0, 0.05) is 41.1 Å². The maximum absolute atomic E-state index is 13.1. The molecule has 32 heavy (non-hydrogen) atoms. The molecule has 1 N–H and O–H groups in total. The van der Waals surface area contributed by atoms with E-state index in [1.165, 1.54) is 17.8 Å². The van der Waals surface area contributed by atoms with Crippen molar-refractivity contribution in [2.45, 2.75) is 35.3 Å². The first-order valence-corrected chi connectivity index (χ1v) is 14.8. The van der Waals surface area contributed by atoms with Crippen molar-refractivity contribution >= 4 is 51.1 Å². The van der Waals surface area contributed by atoms with Crippen LogP contribution in [-0.2, 0) is 15.8 Å². The quantitative estimate of drug-likeness (QED) is 0.372. The van der Waals surface area contributed by atoms with Crippen LogP contribution in [0.25, 0.3) is 0 Å². The number of hydrogen-bond donors (Lipinski definition) is 1. The highest BCUT2D eigenvalue weighted by Gasteiger charge is 2.25. The molecule has 174 valence electrons. The van der Waals surface area contributed by atoms with E-state index in [1.54, 1.807) is 23.9 Å². The molecule has 0 bridgehead atoms. The minimum absolute atomic E-state index is 0.0876. The third kappa shape index (κ3) is 6.90. The maximum Gasteiger partial charge on any atom is 0.255 e. The summed E-state index contributed by atoms with van der Waals surface area (Å²) in [5.41, 5.74) is 1.57. The van der Waals surface area contributed by atoms with E-state index in [2.05, 4.69) is 11.6 Å². The summed E-state index contributed by atoms with van der Waals surface area (Å²) in [6.07, 6.45) is 3.85. The second-order valence-corrected chi connectivity index (χ2v) is 12.1. The fourth-order valence-corrected chi connectivity index (χ4v) is 6.33. The molecule has 5 nitrogen and oxygen atoms in total. The van der Waals surface area contributed by atoms with Crippen molar-refractivity contribution in [1.29, 1.82) is 0 Å². The highest BCUT2D eigenvalue weighted by atomic mass is 35.5. The van der Waals surface area contributed by atoms with E-state index in [4.69, 9.17) is 11.6 Å². The SMILES string of the molecule is CSc1ccc(S(=O)(=O)NCCSCc2cccc(Cl)c2)cc1C(=O)N1CCC(C)CC1. The highest BCUT2D eigenvalue weighted by Crippen LogP contribution is 2.27. The Morgan fingerprint density at radius 2 is 1.94 bits per heavy atom. The molecule has 0 aliphatic carbocycles. The minimum atomic E-state index is -3.70. The fraction of sp³-hybridized carbons (Fsp3) is 0.435. The van der Waals surface area contributed by atoms with Crippen LogP contribution in [0.1, 0.15) is 35.7 Å². The van der Waals surface area contributed by atoms with Crippen molar-refractivity contribution in [2.24, 2.45) is 5.92 Å². The summed E-state index contributed by atoms with van der Waals surface area (Å²) in [6.45, 7) is 3.94. The van der Waals surface area contributed by atoms with Gasteiger partial charge in [-0.15, -0.1) is 11.8 Å².